The minimum absolute atomic E-state index is 0.114. The van der Waals surface area contributed by atoms with Crippen molar-refractivity contribution >= 4 is 27.5 Å². The standard InChI is InChI=1S/C21H17BrN2O2/c1-14-5-2-3-6-17(14)21(25)24-19(20-7-4-12-26-20)13-18(23-24)15-8-10-16(22)11-9-15/h2-12,19H,13H2,1H3. The first kappa shape index (κ1) is 16.8. The van der Waals surface area contributed by atoms with Crippen LogP contribution in [0.25, 0.3) is 0 Å². The third-order valence-electron chi connectivity index (χ3n) is 4.54. The lowest BCUT2D eigenvalue weighted by molar-refractivity contribution is 0.0692. The molecular weight excluding hydrogens is 392 g/mol. The van der Waals surface area contributed by atoms with E-state index in [-0.39, 0.29) is 11.9 Å². The van der Waals surface area contributed by atoms with E-state index in [1.807, 2.05) is 67.6 Å². The van der Waals surface area contributed by atoms with Crippen LogP contribution < -0.4 is 0 Å². The van der Waals surface area contributed by atoms with Gasteiger partial charge in [0.15, 0.2) is 0 Å². The van der Waals surface area contributed by atoms with E-state index < -0.39 is 0 Å². The number of hydrogen-bond donors (Lipinski definition) is 0. The van der Waals surface area contributed by atoms with Gasteiger partial charge in [-0.3, -0.25) is 4.79 Å². The van der Waals surface area contributed by atoms with E-state index in [4.69, 9.17) is 4.42 Å². The molecule has 4 rings (SSSR count). The molecule has 1 aromatic heterocycles. The van der Waals surface area contributed by atoms with Gasteiger partial charge in [-0.05, 0) is 48.4 Å². The zero-order valence-electron chi connectivity index (χ0n) is 14.2. The molecule has 0 N–H and O–H groups in total. The number of furan rings is 1. The van der Waals surface area contributed by atoms with Gasteiger partial charge in [-0.2, -0.15) is 5.10 Å². The maximum absolute atomic E-state index is 13.2. The maximum atomic E-state index is 13.2. The van der Waals surface area contributed by atoms with Crippen molar-refractivity contribution in [3.8, 4) is 0 Å². The lowest BCUT2D eigenvalue weighted by Gasteiger charge is -2.20. The van der Waals surface area contributed by atoms with Gasteiger partial charge in [0, 0.05) is 16.5 Å². The van der Waals surface area contributed by atoms with Crippen LogP contribution in [-0.2, 0) is 0 Å². The van der Waals surface area contributed by atoms with Gasteiger partial charge in [-0.1, -0.05) is 46.3 Å². The molecule has 3 aromatic rings. The summed E-state index contributed by atoms with van der Waals surface area (Å²) in [6.07, 6.45) is 2.25. The Kier molecular flexibility index (Phi) is 4.47. The monoisotopic (exact) mass is 408 g/mol. The van der Waals surface area contributed by atoms with Crippen molar-refractivity contribution in [3.05, 3.63) is 93.9 Å². The number of carbonyl (C=O) groups excluding carboxylic acids is 1. The van der Waals surface area contributed by atoms with Crippen LogP contribution >= 0.6 is 15.9 Å². The molecule has 0 spiro atoms. The highest BCUT2D eigenvalue weighted by Crippen LogP contribution is 2.34. The van der Waals surface area contributed by atoms with Gasteiger partial charge in [-0.25, -0.2) is 5.01 Å². The zero-order valence-corrected chi connectivity index (χ0v) is 15.8. The van der Waals surface area contributed by atoms with Gasteiger partial charge in [0.05, 0.1) is 12.0 Å². The lowest BCUT2D eigenvalue weighted by Crippen LogP contribution is -2.27. The van der Waals surface area contributed by atoms with Crippen LogP contribution in [0.15, 0.2) is 80.9 Å². The molecule has 5 heteroatoms. The van der Waals surface area contributed by atoms with Gasteiger partial charge in [0.1, 0.15) is 11.8 Å². The third kappa shape index (κ3) is 3.10. The molecule has 26 heavy (non-hydrogen) atoms. The van der Waals surface area contributed by atoms with Gasteiger partial charge in [0.2, 0.25) is 0 Å². The molecule has 1 atom stereocenters. The van der Waals surface area contributed by atoms with Crippen LogP contribution in [-0.4, -0.2) is 16.6 Å². The SMILES string of the molecule is Cc1ccccc1C(=O)N1N=C(c2ccc(Br)cc2)CC1c1ccco1. The summed E-state index contributed by atoms with van der Waals surface area (Å²) in [5.41, 5.74) is 3.47. The number of nitrogens with zero attached hydrogens (tertiary/aromatic N) is 2. The fourth-order valence-electron chi connectivity index (χ4n) is 3.15. The largest absolute Gasteiger partial charge is 0.467 e. The van der Waals surface area contributed by atoms with Crippen LogP contribution in [0.1, 0.15) is 39.7 Å². The van der Waals surface area contributed by atoms with Gasteiger partial charge >= 0.3 is 0 Å². The number of aryl methyl sites for hydroxylation is 1. The first-order chi connectivity index (χ1) is 12.6. The average molecular weight is 409 g/mol. The number of halogens is 1. The summed E-state index contributed by atoms with van der Waals surface area (Å²) >= 11 is 3.45. The number of benzene rings is 2. The highest BCUT2D eigenvalue weighted by atomic mass is 79.9. The Hall–Kier alpha value is -2.66. The molecule has 1 unspecified atom stereocenters. The molecule has 0 saturated heterocycles. The Balaban J connectivity index is 1.73. The van der Waals surface area contributed by atoms with E-state index >= 15 is 0 Å². The smallest absolute Gasteiger partial charge is 0.274 e. The highest BCUT2D eigenvalue weighted by molar-refractivity contribution is 9.10. The fraction of sp³-hybridized carbons (Fsp3) is 0.143. The van der Waals surface area contributed by atoms with E-state index in [1.165, 1.54) is 0 Å². The van der Waals surface area contributed by atoms with Crippen LogP contribution in [0.2, 0.25) is 0 Å². The second-order valence-electron chi connectivity index (χ2n) is 6.25. The molecule has 0 radical (unpaired) electrons. The molecule has 130 valence electrons. The maximum Gasteiger partial charge on any atom is 0.274 e. The lowest BCUT2D eigenvalue weighted by atomic mass is 10.0. The number of carbonyl (C=O) groups is 1. The van der Waals surface area contributed by atoms with Crippen LogP contribution in [0, 0.1) is 6.92 Å². The van der Waals surface area contributed by atoms with E-state index in [1.54, 1.807) is 11.3 Å². The Morgan fingerprint density at radius 3 is 2.58 bits per heavy atom. The van der Waals surface area contributed by atoms with Gasteiger partial charge in [0.25, 0.3) is 5.91 Å². The topological polar surface area (TPSA) is 45.8 Å². The average Bonchev–Trinajstić information content (AvgIpc) is 3.32. The number of hydrogen-bond acceptors (Lipinski definition) is 3. The second kappa shape index (κ2) is 6.92. The van der Waals surface area contributed by atoms with Crippen molar-refractivity contribution < 1.29 is 9.21 Å². The normalized spacial score (nSPS) is 16.6. The molecule has 4 nitrogen and oxygen atoms in total. The molecule has 1 aliphatic rings. The minimum Gasteiger partial charge on any atom is -0.467 e. The number of rotatable bonds is 3. The molecule has 1 aliphatic heterocycles. The van der Waals surface area contributed by atoms with Crippen LogP contribution in [0.4, 0.5) is 0 Å². The van der Waals surface area contributed by atoms with Crippen molar-refractivity contribution in [1.29, 1.82) is 0 Å². The second-order valence-corrected chi connectivity index (χ2v) is 7.17. The third-order valence-corrected chi connectivity index (χ3v) is 5.07. The first-order valence-electron chi connectivity index (χ1n) is 8.39. The predicted molar refractivity (Wildman–Crippen MR) is 104 cm³/mol. The summed E-state index contributed by atoms with van der Waals surface area (Å²) in [7, 11) is 0. The molecular formula is C21H17BrN2O2. The summed E-state index contributed by atoms with van der Waals surface area (Å²) in [6.45, 7) is 1.94. The van der Waals surface area contributed by atoms with Crippen LogP contribution in [0.5, 0.6) is 0 Å². The Bertz CT molecular complexity index is 962. The molecule has 2 aromatic carbocycles. The quantitative estimate of drug-likeness (QED) is 0.586. The molecule has 0 aliphatic carbocycles. The van der Waals surface area contributed by atoms with E-state index in [2.05, 4.69) is 21.0 Å². The molecule has 0 fully saturated rings. The summed E-state index contributed by atoms with van der Waals surface area (Å²) in [5.74, 6) is 0.624. The van der Waals surface area contributed by atoms with E-state index in [0.717, 1.165) is 27.1 Å². The van der Waals surface area contributed by atoms with Crippen molar-refractivity contribution in [2.75, 3.05) is 0 Å². The molecule has 2 heterocycles. The fourth-order valence-corrected chi connectivity index (χ4v) is 3.42. The summed E-state index contributed by atoms with van der Waals surface area (Å²) in [4.78, 5) is 13.2. The van der Waals surface area contributed by atoms with Gasteiger partial charge in [-0.15, -0.1) is 0 Å². The van der Waals surface area contributed by atoms with Crippen molar-refractivity contribution in [3.63, 3.8) is 0 Å². The van der Waals surface area contributed by atoms with E-state index in [0.29, 0.717) is 12.0 Å². The van der Waals surface area contributed by atoms with Crippen molar-refractivity contribution in [1.82, 2.24) is 5.01 Å². The highest BCUT2D eigenvalue weighted by Gasteiger charge is 2.35. The van der Waals surface area contributed by atoms with Gasteiger partial charge < -0.3 is 4.42 Å². The van der Waals surface area contributed by atoms with Crippen molar-refractivity contribution in [2.24, 2.45) is 5.10 Å². The number of hydrazone groups is 1. The summed E-state index contributed by atoms with van der Waals surface area (Å²) < 4.78 is 6.60. The Morgan fingerprint density at radius 1 is 1.12 bits per heavy atom. The first-order valence-corrected chi connectivity index (χ1v) is 9.19. The predicted octanol–water partition coefficient (Wildman–Crippen LogP) is 5.34. The minimum atomic E-state index is -0.240. The van der Waals surface area contributed by atoms with Crippen LogP contribution in [0.3, 0.4) is 0 Å². The van der Waals surface area contributed by atoms with E-state index in [9.17, 15) is 4.79 Å². The van der Waals surface area contributed by atoms with Crippen molar-refractivity contribution in [2.45, 2.75) is 19.4 Å². The molecule has 0 bridgehead atoms. The Labute approximate surface area is 160 Å². The Morgan fingerprint density at radius 2 is 1.88 bits per heavy atom. The zero-order chi connectivity index (χ0) is 18.1. The summed E-state index contributed by atoms with van der Waals surface area (Å²) in [5, 5.41) is 6.22. The number of amides is 1. The molecule has 1 amide bonds. The molecule has 0 saturated carbocycles. The summed E-state index contributed by atoms with van der Waals surface area (Å²) in [6, 6.07) is 19.0.